The number of halogens is 2. The summed E-state index contributed by atoms with van der Waals surface area (Å²) in [6.45, 7) is 5.16. The third kappa shape index (κ3) is 3.76. The van der Waals surface area contributed by atoms with Crippen molar-refractivity contribution in [2.75, 3.05) is 22.9 Å². The number of esters is 1. The van der Waals surface area contributed by atoms with Crippen molar-refractivity contribution in [3.8, 4) is 11.5 Å². The Bertz CT molecular complexity index is 1560. The van der Waals surface area contributed by atoms with E-state index in [2.05, 4.69) is 45.2 Å². The number of carbonyl (C=O) groups is 4. The van der Waals surface area contributed by atoms with Crippen molar-refractivity contribution >= 4 is 80.2 Å². The first-order chi connectivity index (χ1) is 19.2. The average molecular weight is 763 g/mol. The highest BCUT2D eigenvalue weighted by Crippen LogP contribution is 2.57. The summed E-state index contributed by atoms with van der Waals surface area (Å²) in [5, 5.41) is 0. The molecule has 204 valence electrons. The van der Waals surface area contributed by atoms with Crippen molar-refractivity contribution in [3.63, 3.8) is 0 Å². The van der Waals surface area contributed by atoms with Gasteiger partial charge in [-0.2, -0.15) is 0 Å². The lowest BCUT2D eigenvalue weighted by atomic mass is 9.77. The van der Waals surface area contributed by atoms with Crippen LogP contribution in [0, 0.1) is 0 Å². The molecule has 3 aromatic rings. The summed E-state index contributed by atoms with van der Waals surface area (Å²) in [5.41, 5.74) is 7.65. The summed E-state index contributed by atoms with van der Waals surface area (Å²) in [6, 6.07) is 15.3. The van der Waals surface area contributed by atoms with Crippen LogP contribution in [-0.2, 0) is 19.9 Å². The molecule has 9 nitrogen and oxygen atoms in total. The number of ether oxygens (including phenoxy) is 2. The molecule has 0 aromatic heterocycles. The van der Waals surface area contributed by atoms with Gasteiger partial charge in [-0.3, -0.25) is 14.4 Å². The molecular formula is C29H23I2N3O6. The fourth-order valence-corrected chi connectivity index (χ4v) is 6.88. The first-order valence-electron chi connectivity index (χ1n) is 12.7. The molecule has 4 aliphatic rings. The van der Waals surface area contributed by atoms with Crippen LogP contribution in [0.3, 0.4) is 0 Å². The van der Waals surface area contributed by atoms with Gasteiger partial charge in [-0.05, 0) is 42.5 Å². The van der Waals surface area contributed by atoms with E-state index in [0.29, 0.717) is 58.2 Å². The minimum absolute atomic E-state index is 0.00662. The lowest BCUT2D eigenvalue weighted by molar-refractivity contribution is -0.121. The van der Waals surface area contributed by atoms with Gasteiger partial charge >= 0.3 is 5.97 Å². The van der Waals surface area contributed by atoms with Gasteiger partial charge in [0.2, 0.25) is 17.7 Å². The predicted molar refractivity (Wildman–Crippen MR) is 165 cm³/mol. The Morgan fingerprint density at radius 2 is 1.35 bits per heavy atom. The molecule has 0 saturated carbocycles. The van der Waals surface area contributed by atoms with Crippen LogP contribution in [0.25, 0.3) is 0 Å². The van der Waals surface area contributed by atoms with E-state index in [1.165, 1.54) is 6.07 Å². The van der Waals surface area contributed by atoms with Crippen LogP contribution in [0.5, 0.6) is 11.5 Å². The number of anilines is 2. The number of β-lactam (4-membered cyclic amide) rings is 2. The number of rotatable bonds is 3. The van der Waals surface area contributed by atoms with Gasteiger partial charge in [0, 0.05) is 58.9 Å². The highest BCUT2D eigenvalue weighted by atomic mass is 127. The normalized spacial score (nSPS) is 23.6. The second-order valence-corrected chi connectivity index (χ2v) is 12.5. The first kappa shape index (κ1) is 27.0. The molecule has 2 atom stereocenters. The average Bonchev–Trinajstić information content (AvgIpc) is 3.26. The molecule has 2 fully saturated rings. The molecule has 0 radical (unpaired) electrons. The second kappa shape index (κ2) is 9.72. The zero-order valence-corrected chi connectivity index (χ0v) is 25.8. The molecule has 2 saturated heterocycles. The Balaban J connectivity index is 0.00000142. The predicted octanol–water partition coefficient (Wildman–Crippen LogP) is 4.68. The Labute approximate surface area is 257 Å². The van der Waals surface area contributed by atoms with Crippen molar-refractivity contribution in [1.82, 2.24) is 0 Å². The monoisotopic (exact) mass is 763 g/mol. The Hall–Kier alpha value is -3.20. The molecule has 2 N–H and O–H groups in total. The molecule has 0 aliphatic carbocycles. The first-order valence-corrected chi connectivity index (χ1v) is 15.2. The van der Waals surface area contributed by atoms with E-state index in [1.54, 1.807) is 58.3 Å². The van der Waals surface area contributed by atoms with Crippen LogP contribution < -0.4 is 20.3 Å². The maximum atomic E-state index is 13.2. The number of hydrogen-bond donors (Lipinski definition) is 1. The van der Waals surface area contributed by atoms with Gasteiger partial charge in [0.15, 0.2) is 5.60 Å². The van der Waals surface area contributed by atoms with Crippen LogP contribution in [0.15, 0.2) is 54.6 Å². The number of primary amides is 1. The standard InChI is InChI=1S/C27H17I2N3O6.C2H6/c28-19-10-31(24(19)34)13-2-5-16-21(8-13)37-22-9-14(32-11-20(29)25(32)35)3-6-17(22)27(16)18-7-12(23(30)33)1-4-15(18)26(36)38-27;1-2/h1-9,19-20H,10-11H2,(H2,30,33);1-2H3. The van der Waals surface area contributed by atoms with E-state index in [9.17, 15) is 19.2 Å². The molecule has 3 aromatic carbocycles. The molecule has 1 spiro atoms. The molecule has 3 amide bonds. The third-order valence-corrected chi connectivity index (χ3v) is 9.29. The fraction of sp³-hybridized carbons (Fsp3) is 0.241. The lowest BCUT2D eigenvalue weighted by Gasteiger charge is -2.40. The topological polar surface area (TPSA) is 119 Å². The Morgan fingerprint density at radius 1 is 0.825 bits per heavy atom. The summed E-state index contributed by atoms with van der Waals surface area (Å²) >= 11 is 4.23. The van der Waals surface area contributed by atoms with Crippen LogP contribution in [0.4, 0.5) is 11.4 Å². The maximum Gasteiger partial charge on any atom is 0.340 e. The number of carbonyl (C=O) groups excluding carboxylic acids is 4. The van der Waals surface area contributed by atoms with Gasteiger partial charge in [-0.15, -0.1) is 0 Å². The van der Waals surface area contributed by atoms with Crippen molar-refractivity contribution < 1.29 is 28.7 Å². The largest absolute Gasteiger partial charge is 0.456 e. The molecule has 40 heavy (non-hydrogen) atoms. The van der Waals surface area contributed by atoms with Crippen LogP contribution >= 0.6 is 45.2 Å². The van der Waals surface area contributed by atoms with Gasteiger partial charge in [-0.1, -0.05) is 59.0 Å². The SMILES string of the molecule is CC.NC(=O)c1ccc2c(c1)C1(OC2=O)c2ccc(N3CC(I)C3=O)cc2Oc2cc(N3CC(I)C3=O)ccc21. The van der Waals surface area contributed by atoms with Crippen LogP contribution in [0.2, 0.25) is 0 Å². The summed E-state index contributed by atoms with van der Waals surface area (Å²) in [5.74, 6) is -0.346. The highest BCUT2D eigenvalue weighted by Gasteiger charge is 2.54. The van der Waals surface area contributed by atoms with Crippen molar-refractivity contribution in [2.45, 2.75) is 27.3 Å². The van der Waals surface area contributed by atoms with Gasteiger partial charge in [0.25, 0.3) is 0 Å². The summed E-state index contributed by atoms with van der Waals surface area (Å²) in [7, 11) is 0. The Morgan fingerprint density at radius 3 is 1.80 bits per heavy atom. The lowest BCUT2D eigenvalue weighted by Crippen LogP contribution is -2.53. The van der Waals surface area contributed by atoms with E-state index < -0.39 is 17.5 Å². The van der Waals surface area contributed by atoms with E-state index in [4.69, 9.17) is 15.2 Å². The fourth-order valence-electron chi connectivity index (χ4n) is 5.42. The minimum Gasteiger partial charge on any atom is -0.456 e. The quantitative estimate of drug-likeness (QED) is 0.179. The van der Waals surface area contributed by atoms with Crippen molar-refractivity contribution in [1.29, 1.82) is 0 Å². The zero-order chi connectivity index (χ0) is 28.5. The highest BCUT2D eigenvalue weighted by molar-refractivity contribution is 14.1. The van der Waals surface area contributed by atoms with Gasteiger partial charge in [0.1, 0.15) is 19.3 Å². The molecular weight excluding hydrogens is 740 g/mol. The number of nitrogens with zero attached hydrogens (tertiary/aromatic N) is 2. The summed E-state index contributed by atoms with van der Waals surface area (Å²) in [6.07, 6.45) is 0. The number of amides is 3. The van der Waals surface area contributed by atoms with E-state index in [1.807, 2.05) is 13.8 Å². The number of hydrogen-bond acceptors (Lipinski definition) is 6. The van der Waals surface area contributed by atoms with Gasteiger partial charge < -0.3 is 25.0 Å². The molecule has 2 unspecified atom stereocenters. The van der Waals surface area contributed by atoms with Crippen molar-refractivity contribution in [3.05, 3.63) is 82.4 Å². The van der Waals surface area contributed by atoms with E-state index in [0.717, 1.165) is 0 Å². The summed E-state index contributed by atoms with van der Waals surface area (Å²) in [4.78, 5) is 53.4. The second-order valence-electron chi connectivity index (χ2n) is 9.49. The molecule has 4 heterocycles. The third-order valence-electron chi connectivity index (χ3n) is 7.44. The zero-order valence-electron chi connectivity index (χ0n) is 21.4. The summed E-state index contributed by atoms with van der Waals surface area (Å²) < 4.78 is 12.4. The van der Waals surface area contributed by atoms with Gasteiger partial charge in [-0.25, -0.2) is 4.79 Å². The Kier molecular flexibility index (Phi) is 6.56. The number of fused-ring (bicyclic) bond motifs is 6. The molecule has 11 heteroatoms. The molecule has 0 bridgehead atoms. The number of benzene rings is 3. The molecule has 7 rings (SSSR count). The van der Waals surface area contributed by atoms with E-state index in [-0.39, 0.29) is 25.2 Å². The van der Waals surface area contributed by atoms with Crippen LogP contribution in [-0.4, -0.2) is 44.6 Å². The van der Waals surface area contributed by atoms with Crippen molar-refractivity contribution in [2.24, 2.45) is 5.73 Å². The smallest absolute Gasteiger partial charge is 0.340 e. The van der Waals surface area contributed by atoms with Crippen LogP contribution in [0.1, 0.15) is 51.3 Å². The minimum atomic E-state index is -1.41. The maximum absolute atomic E-state index is 13.2. The molecule has 4 aliphatic heterocycles. The van der Waals surface area contributed by atoms with Gasteiger partial charge in [0.05, 0.1) is 5.56 Å². The number of alkyl halides is 2. The van der Waals surface area contributed by atoms with E-state index >= 15 is 0 Å². The number of nitrogens with two attached hydrogens (primary N) is 1.